The molecule has 2 heteroatoms. The molecular formula is C29H42N2. The summed E-state index contributed by atoms with van der Waals surface area (Å²) < 4.78 is 0. The minimum absolute atomic E-state index is 0.0207. The molecule has 0 atom stereocenters. The minimum Gasteiger partial charge on any atom is -0.187 e. The van der Waals surface area contributed by atoms with Crippen LogP contribution in [0.3, 0.4) is 0 Å². The molecule has 0 saturated carbocycles. The van der Waals surface area contributed by atoms with Crippen LogP contribution < -0.4 is 0 Å². The second-order valence-electron chi connectivity index (χ2n) is 12.7. The molecule has 0 unspecified atom stereocenters. The molecule has 31 heavy (non-hydrogen) atoms. The van der Waals surface area contributed by atoms with Gasteiger partial charge in [-0.05, 0) is 56.0 Å². The molecule has 2 rings (SSSR count). The minimum atomic E-state index is -0.0207. The van der Waals surface area contributed by atoms with Crippen LogP contribution in [0.2, 0.25) is 0 Å². The molecule has 0 N–H and O–H groups in total. The highest BCUT2D eigenvalue weighted by Gasteiger charge is 2.28. The highest BCUT2D eigenvalue weighted by molar-refractivity contribution is 5.66. The van der Waals surface area contributed by atoms with Crippen molar-refractivity contribution in [3.05, 3.63) is 58.7 Å². The van der Waals surface area contributed by atoms with Gasteiger partial charge in [0.1, 0.15) is 6.01 Å². The summed E-state index contributed by atoms with van der Waals surface area (Å²) in [6.07, 6.45) is 0. The molecule has 0 aliphatic heterocycles. The predicted octanol–water partition coefficient (Wildman–Crippen LogP) is 9.01. The molecule has 168 valence electrons. The number of nitrogens with zero attached hydrogens (tertiary/aromatic N) is 2. The lowest BCUT2D eigenvalue weighted by Gasteiger charge is -2.31. The summed E-state index contributed by atoms with van der Waals surface area (Å²) >= 11 is 0. The second kappa shape index (κ2) is 8.40. The monoisotopic (exact) mass is 418 g/mol. The Kier molecular flexibility index (Phi) is 6.79. The van der Waals surface area contributed by atoms with Crippen molar-refractivity contribution in [2.24, 2.45) is 9.98 Å². The predicted molar refractivity (Wildman–Crippen MR) is 137 cm³/mol. The average Bonchev–Trinajstić information content (AvgIpc) is 2.58. The van der Waals surface area contributed by atoms with Crippen molar-refractivity contribution in [2.45, 2.75) is 105 Å². The van der Waals surface area contributed by atoms with Gasteiger partial charge < -0.3 is 0 Å². The summed E-state index contributed by atoms with van der Waals surface area (Å²) in [5, 5.41) is 0. The first kappa shape index (κ1) is 25.1. The molecule has 0 aliphatic carbocycles. The van der Waals surface area contributed by atoms with Crippen LogP contribution in [0, 0.1) is 0 Å². The van der Waals surface area contributed by atoms with Gasteiger partial charge in [0.2, 0.25) is 0 Å². The van der Waals surface area contributed by atoms with Gasteiger partial charge in [0.25, 0.3) is 0 Å². The van der Waals surface area contributed by atoms with Crippen LogP contribution in [0.1, 0.15) is 105 Å². The van der Waals surface area contributed by atoms with Crippen LogP contribution >= 0.6 is 0 Å². The van der Waals surface area contributed by atoms with Crippen LogP contribution in [0.5, 0.6) is 0 Å². The summed E-state index contributed by atoms with van der Waals surface area (Å²) in [4.78, 5) is 9.48. The van der Waals surface area contributed by atoms with Crippen molar-refractivity contribution in [3.8, 4) is 0 Å². The van der Waals surface area contributed by atoms with Crippen molar-refractivity contribution >= 4 is 17.4 Å². The Balaban J connectivity index is 2.70. The molecule has 2 nitrogen and oxygen atoms in total. The molecule has 2 aromatic rings. The summed E-state index contributed by atoms with van der Waals surface area (Å²) in [6.45, 7) is 27.0. The van der Waals surface area contributed by atoms with Gasteiger partial charge >= 0.3 is 0 Å². The van der Waals surface area contributed by atoms with E-state index in [0.717, 1.165) is 11.4 Å². The summed E-state index contributed by atoms with van der Waals surface area (Å²) in [5.74, 6) is 0. The third kappa shape index (κ3) is 5.95. The van der Waals surface area contributed by atoms with Crippen molar-refractivity contribution in [3.63, 3.8) is 0 Å². The second-order valence-corrected chi connectivity index (χ2v) is 12.7. The van der Waals surface area contributed by atoms with E-state index < -0.39 is 0 Å². The van der Waals surface area contributed by atoms with E-state index in [-0.39, 0.29) is 21.7 Å². The van der Waals surface area contributed by atoms with E-state index in [1.54, 1.807) is 0 Å². The van der Waals surface area contributed by atoms with E-state index in [2.05, 4.69) is 125 Å². The molecule has 0 spiro atoms. The number of hydrogen-bond donors (Lipinski definition) is 0. The molecule has 2 aromatic carbocycles. The zero-order chi connectivity index (χ0) is 23.8. The fourth-order valence-electron chi connectivity index (χ4n) is 4.23. The fraction of sp³-hybridized carbons (Fsp3) is 0.552. The first-order valence-corrected chi connectivity index (χ1v) is 11.4. The van der Waals surface area contributed by atoms with E-state index >= 15 is 0 Å². The summed E-state index contributed by atoms with van der Waals surface area (Å²) in [7, 11) is 0. The van der Waals surface area contributed by atoms with E-state index in [9.17, 15) is 0 Å². The van der Waals surface area contributed by atoms with E-state index in [1.807, 2.05) is 0 Å². The van der Waals surface area contributed by atoms with Gasteiger partial charge in [0, 0.05) is 0 Å². The topological polar surface area (TPSA) is 24.7 Å². The van der Waals surface area contributed by atoms with Gasteiger partial charge in [-0.25, -0.2) is 0 Å². The van der Waals surface area contributed by atoms with Crippen molar-refractivity contribution in [1.29, 1.82) is 0 Å². The van der Waals surface area contributed by atoms with Crippen LogP contribution in [0.15, 0.2) is 46.4 Å². The lowest BCUT2D eigenvalue weighted by molar-refractivity contribution is 0.531. The SMILES string of the molecule is CC(C)(C)c1cccc(N=C=Nc2cccc(C(C)(C)C)c2C(C)(C)C)c1C(C)(C)C. The lowest BCUT2D eigenvalue weighted by Crippen LogP contribution is -2.22. The van der Waals surface area contributed by atoms with Crippen LogP contribution in [0.25, 0.3) is 0 Å². The zero-order valence-electron chi connectivity index (χ0n) is 21.9. The molecular weight excluding hydrogens is 376 g/mol. The van der Waals surface area contributed by atoms with Crippen LogP contribution in [-0.2, 0) is 21.7 Å². The number of benzene rings is 2. The van der Waals surface area contributed by atoms with Gasteiger partial charge in [-0.3, -0.25) is 0 Å². The van der Waals surface area contributed by atoms with Gasteiger partial charge in [-0.1, -0.05) is 107 Å². The maximum absolute atomic E-state index is 4.74. The van der Waals surface area contributed by atoms with Gasteiger partial charge in [0.05, 0.1) is 11.4 Å². The average molecular weight is 419 g/mol. The van der Waals surface area contributed by atoms with E-state index in [4.69, 9.17) is 9.98 Å². The van der Waals surface area contributed by atoms with Crippen molar-refractivity contribution in [1.82, 2.24) is 0 Å². The largest absolute Gasteiger partial charge is 0.187 e. The smallest absolute Gasteiger partial charge is 0.100 e. The highest BCUT2D eigenvalue weighted by Crippen LogP contribution is 2.41. The maximum atomic E-state index is 4.74. The molecule has 0 amide bonds. The molecule has 0 saturated heterocycles. The maximum Gasteiger partial charge on any atom is 0.100 e. The molecule has 0 fully saturated rings. The van der Waals surface area contributed by atoms with Gasteiger partial charge in [0.15, 0.2) is 0 Å². The first-order chi connectivity index (χ1) is 13.9. The third-order valence-electron chi connectivity index (χ3n) is 5.54. The standard InChI is InChI=1S/C29H42N2/c1-26(2,3)20-15-13-17-22(24(20)28(7,8)9)30-19-31-23-18-14-16-21(27(4,5)6)25(23)29(10,11)12/h13-18H,1-12H3. The Morgan fingerprint density at radius 1 is 0.484 bits per heavy atom. The molecule has 0 heterocycles. The van der Waals surface area contributed by atoms with Crippen LogP contribution in [-0.4, -0.2) is 6.01 Å². The van der Waals surface area contributed by atoms with E-state index in [0.29, 0.717) is 0 Å². The van der Waals surface area contributed by atoms with E-state index in [1.165, 1.54) is 22.3 Å². The normalized spacial score (nSPS) is 13.0. The van der Waals surface area contributed by atoms with Crippen LogP contribution in [0.4, 0.5) is 11.4 Å². The lowest BCUT2D eigenvalue weighted by atomic mass is 9.74. The Morgan fingerprint density at radius 3 is 1.06 bits per heavy atom. The van der Waals surface area contributed by atoms with Crippen molar-refractivity contribution < 1.29 is 0 Å². The number of aliphatic imine (C=N–C) groups is 2. The fourth-order valence-corrected chi connectivity index (χ4v) is 4.23. The molecule has 0 bridgehead atoms. The quantitative estimate of drug-likeness (QED) is 0.435. The Labute approximate surface area is 190 Å². The zero-order valence-corrected chi connectivity index (χ0v) is 21.9. The number of hydrogen-bond acceptors (Lipinski definition) is 2. The van der Waals surface area contributed by atoms with Crippen molar-refractivity contribution in [2.75, 3.05) is 0 Å². The first-order valence-electron chi connectivity index (χ1n) is 11.4. The highest BCUT2D eigenvalue weighted by atomic mass is 14.8. The molecule has 0 radical (unpaired) electrons. The number of rotatable bonds is 2. The third-order valence-corrected chi connectivity index (χ3v) is 5.54. The van der Waals surface area contributed by atoms with Gasteiger partial charge in [-0.15, -0.1) is 0 Å². The molecule has 0 aromatic heterocycles. The Hall–Kier alpha value is -2.18. The molecule has 0 aliphatic rings. The summed E-state index contributed by atoms with van der Waals surface area (Å²) in [5.41, 5.74) is 7.15. The Morgan fingerprint density at radius 2 is 0.806 bits per heavy atom. The Bertz CT molecular complexity index is 911. The summed E-state index contributed by atoms with van der Waals surface area (Å²) in [6, 6.07) is 15.8. The van der Waals surface area contributed by atoms with Gasteiger partial charge in [-0.2, -0.15) is 9.98 Å².